The second-order valence-electron chi connectivity index (χ2n) is 5.12. The topological polar surface area (TPSA) is 92.4 Å². The first-order chi connectivity index (χ1) is 8.94. The van der Waals surface area contributed by atoms with Gasteiger partial charge in [0.05, 0.1) is 11.9 Å². The van der Waals surface area contributed by atoms with Gasteiger partial charge in [-0.15, -0.1) is 0 Å². The van der Waals surface area contributed by atoms with Crippen LogP contribution in [-0.4, -0.2) is 25.7 Å². The summed E-state index contributed by atoms with van der Waals surface area (Å²) in [6, 6.07) is 6.78. The smallest absolute Gasteiger partial charge is 0.216 e. The maximum atomic E-state index is 12.0. The van der Waals surface area contributed by atoms with Crippen LogP contribution in [0.25, 0.3) is 0 Å². The number of rotatable bonds is 4. The molecule has 0 unspecified atom stereocenters. The van der Waals surface area contributed by atoms with Crippen molar-refractivity contribution < 1.29 is 13.5 Å². The summed E-state index contributed by atoms with van der Waals surface area (Å²) < 4.78 is 26.8. The zero-order chi connectivity index (χ0) is 13.9. The molecule has 2 rings (SSSR count). The van der Waals surface area contributed by atoms with Crippen LogP contribution in [0, 0.1) is 0 Å². The fraction of sp³-hybridized carbons (Fsp3) is 0.538. The molecule has 1 aromatic carbocycles. The summed E-state index contributed by atoms with van der Waals surface area (Å²) in [4.78, 5) is 0. The van der Waals surface area contributed by atoms with E-state index < -0.39 is 10.0 Å². The lowest BCUT2D eigenvalue weighted by atomic mass is 9.94. The van der Waals surface area contributed by atoms with Gasteiger partial charge in [-0.2, -0.15) is 0 Å². The maximum Gasteiger partial charge on any atom is 0.216 e. The third-order valence-corrected chi connectivity index (χ3v) is 4.79. The summed E-state index contributed by atoms with van der Waals surface area (Å²) in [5.74, 6) is -0.0354. The number of sulfonamides is 1. The van der Waals surface area contributed by atoms with Gasteiger partial charge < -0.3 is 10.8 Å². The lowest BCUT2D eigenvalue weighted by molar-refractivity contribution is 0.120. The van der Waals surface area contributed by atoms with Crippen molar-refractivity contribution in [3.05, 3.63) is 29.8 Å². The van der Waals surface area contributed by atoms with E-state index in [4.69, 9.17) is 5.73 Å². The molecule has 0 aromatic heterocycles. The van der Waals surface area contributed by atoms with Gasteiger partial charge in [0, 0.05) is 11.7 Å². The molecule has 1 aliphatic rings. The van der Waals surface area contributed by atoms with Crippen LogP contribution in [0.4, 0.5) is 5.69 Å². The molecule has 0 aliphatic heterocycles. The van der Waals surface area contributed by atoms with Crippen LogP contribution >= 0.6 is 0 Å². The molecule has 0 atom stereocenters. The van der Waals surface area contributed by atoms with E-state index in [0.717, 1.165) is 5.56 Å². The highest BCUT2D eigenvalue weighted by Gasteiger charge is 2.23. The Balaban J connectivity index is 1.93. The summed E-state index contributed by atoms with van der Waals surface area (Å²) in [5.41, 5.74) is 6.90. The Kier molecular flexibility index (Phi) is 4.44. The summed E-state index contributed by atoms with van der Waals surface area (Å²) >= 11 is 0. The van der Waals surface area contributed by atoms with E-state index >= 15 is 0 Å². The van der Waals surface area contributed by atoms with Crippen molar-refractivity contribution in [3.63, 3.8) is 0 Å². The van der Waals surface area contributed by atoms with Gasteiger partial charge in [0.25, 0.3) is 0 Å². The number of aliphatic hydroxyl groups is 1. The minimum Gasteiger partial charge on any atom is -0.399 e. The van der Waals surface area contributed by atoms with E-state index in [2.05, 4.69) is 4.72 Å². The van der Waals surface area contributed by atoms with E-state index in [9.17, 15) is 13.5 Å². The van der Waals surface area contributed by atoms with Gasteiger partial charge in [0.15, 0.2) is 0 Å². The molecule has 0 amide bonds. The third-order valence-electron chi connectivity index (χ3n) is 3.38. The summed E-state index contributed by atoms with van der Waals surface area (Å²) in [6.07, 6.45) is 2.44. The number of nitrogens with two attached hydrogens (primary N) is 1. The first-order valence-corrected chi connectivity index (χ1v) is 8.12. The van der Waals surface area contributed by atoms with Crippen molar-refractivity contribution in [3.8, 4) is 0 Å². The molecule has 1 saturated carbocycles. The highest BCUT2D eigenvalue weighted by atomic mass is 32.2. The van der Waals surface area contributed by atoms with Gasteiger partial charge in [-0.25, -0.2) is 13.1 Å². The zero-order valence-electron chi connectivity index (χ0n) is 10.7. The predicted molar refractivity (Wildman–Crippen MR) is 74.9 cm³/mol. The van der Waals surface area contributed by atoms with Crippen LogP contribution < -0.4 is 10.5 Å². The number of aliphatic hydroxyl groups excluding tert-OH is 1. The Bertz CT molecular complexity index is 505. The van der Waals surface area contributed by atoms with Crippen LogP contribution in [0.5, 0.6) is 0 Å². The molecule has 19 heavy (non-hydrogen) atoms. The Hall–Kier alpha value is -1.11. The highest BCUT2D eigenvalue weighted by molar-refractivity contribution is 7.88. The second kappa shape index (κ2) is 5.90. The highest BCUT2D eigenvalue weighted by Crippen LogP contribution is 2.19. The van der Waals surface area contributed by atoms with Gasteiger partial charge in [-0.3, -0.25) is 0 Å². The Morgan fingerprint density at radius 2 is 1.74 bits per heavy atom. The minimum absolute atomic E-state index is 0.0354. The fourth-order valence-corrected chi connectivity index (χ4v) is 3.78. The van der Waals surface area contributed by atoms with Crippen molar-refractivity contribution in [2.45, 2.75) is 43.6 Å². The molecular formula is C13H20N2O3S. The van der Waals surface area contributed by atoms with Crippen LogP contribution in [0.2, 0.25) is 0 Å². The first kappa shape index (κ1) is 14.3. The Morgan fingerprint density at radius 3 is 2.32 bits per heavy atom. The first-order valence-electron chi connectivity index (χ1n) is 6.47. The van der Waals surface area contributed by atoms with Gasteiger partial charge in [-0.1, -0.05) is 12.1 Å². The molecule has 1 fully saturated rings. The normalized spacial score (nSPS) is 24.3. The standard InChI is InChI=1S/C13H20N2O3S/c14-11-3-1-10(2-4-11)9-19(17,18)15-12-5-7-13(16)8-6-12/h1-4,12-13,15-16H,5-9,14H2. The molecule has 0 bridgehead atoms. The average Bonchev–Trinajstić information content (AvgIpc) is 2.34. The molecule has 6 heteroatoms. The number of anilines is 1. The monoisotopic (exact) mass is 284 g/mol. The van der Waals surface area contributed by atoms with E-state index in [0.29, 0.717) is 31.4 Å². The lowest BCUT2D eigenvalue weighted by Crippen LogP contribution is -2.39. The summed E-state index contributed by atoms with van der Waals surface area (Å²) in [5, 5.41) is 9.40. The number of hydrogen-bond acceptors (Lipinski definition) is 4. The van der Waals surface area contributed by atoms with E-state index in [-0.39, 0.29) is 17.9 Å². The Labute approximate surface area is 113 Å². The second-order valence-corrected chi connectivity index (χ2v) is 6.88. The number of nitrogen functional groups attached to an aromatic ring is 1. The summed E-state index contributed by atoms with van der Waals surface area (Å²) in [6.45, 7) is 0. The third kappa shape index (κ3) is 4.49. The molecule has 0 heterocycles. The predicted octanol–water partition coefficient (Wildman–Crippen LogP) is 0.992. The van der Waals surface area contributed by atoms with E-state index in [1.807, 2.05) is 0 Å². The molecule has 0 radical (unpaired) electrons. The van der Waals surface area contributed by atoms with E-state index in [1.165, 1.54) is 0 Å². The molecule has 1 aliphatic carbocycles. The lowest BCUT2D eigenvalue weighted by Gasteiger charge is -2.25. The summed E-state index contributed by atoms with van der Waals surface area (Å²) in [7, 11) is -3.34. The Morgan fingerprint density at radius 1 is 1.16 bits per heavy atom. The molecule has 5 nitrogen and oxygen atoms in total. The fourth-order valence-electron chi connectivity index (χ4n) is 2.32. The number of hydrogen-bond donors (Lipinski definition) is 3. The van der Waals surface area contributed by atoms with E-state index in [1.54, 1.807) is 24.3 Å². The van der Waals surface area contributed by atoms with Crippen LogP contribution in [0.15, 0.2) is 24.3 Å². The SMILES string of the molecule is Nc1ccc(CS(=O)(=O)NC2CCC(O)CC2)cc1. The zero-order valence-corrected chi connectivity index (χ0v) is 11.6. The van der Waals surface area contributed by atoms with Gasteiger partial charge in [0.1, 0.15) is 0 Å². The van der Waals surface area contributed by atoms with Crippen LogP contribution in [0.1, 0.15) is 31.2 Å². The number of benzene rings is 1. The quantitative estimate of drug-likeness (QED) is 0.719. The average molecular weight is 284 g/mol. The van der Waals surface area contributed by atoms with Gasteiger partial charge in [0.2, 0.25) is 10.0 Å². The van der Waals surface area contributed by atoms with Crippen molar-refractivity contribution >= 4 is 15.7 Å². The molecular weight excluding hydrogens is 264 g/mol. The van der Waals surface area contributed by atoms with Crippen molar-refractivity contribution in [2.75, 3.05) is 5.73 Å². The van der Waals surface area contributed by atoms with Gasteiger partial charge in [-0.05, 0) is 43.4 Å². The minimum atomic E-state index is -3.34. The molecule has 0 saturated heterocycles. The van der Waals surface area contributed by atoms with Crippen LogP contribution in [-0.2, 0) is 15.8 Å². The van der Waals surface area contributed by atoms with Crippen molar-refractivity contribution in [2.24, 2.45) is 0 Å². The molecule has 0 spiro atoms. The molecule has 4 N–H and O–H groups in total. The largest absolute Gasteiger partial charge is 0.399 e. The van der Waals surface area contributed by atoms with Crippen molar-refractivity contribution in [1.82, 2.24) is 4.72 Å². The van der Waals surface area contributed by atoms with Gasteiger partial charge >= 0.3 is 0 Å². The molecule has 106 valence electrons. The van der Waals surface area contributed by atoms with Crippen LogP contribution in [0.3, 0.4) is 0 Å². The number of nitrogens with one attached hydrogen (secondary N) is 1. The maximum absolute atomic E-state index is 12.0. The molecule has 1 aromatic rings. The van der Waals surface area contributed by atoms with Crippen molar-refractivity contribution in [1.29, 1.82) is 0 Å².